The first-order chi connectivity index (χ1) is 15.6. The van der Waals surface area contributed by atoms with Crippen molar-refractivity contribution in [3.05, 3.63) is 87.7 Å². The molecule has 0 saturated heterocycles. The molecule has 1 aliphatic rings. The molecule has 1 amide bonds. The fraction of sp³-hybridized carbons (Fsp3) is 0.160. The van der Waals surface area contributed by atoms with Gasteiger partial charge in [0.2, 0.25) is 5.91 Å². The largest absolute Gasteiger partial charge is 0.455 e. The number of para-hydroxylation sites is 1. The SMILES string of the molecule is CC(=O)N(c1ccccc1)c1nc(COC(=O)c2cc3c(s2)-c2ccccc2CC3)cs1. The predicted octanol–water partition coefficient (Wildman–Crippen LogP) is 6.01. The molecule has 2 aromatic heterocycles. The van der Waals surface area contributed by atoms with E-state index >= 15 is 0 Å². The molecule has 2 heterocycles. The zero-order chi connectivity index (χ0) is 22.1. The van der Waals surface area contributed by atoms with Crippen molar-refractivity contribution in [3.63, 3.8) is 0 Å². The molecule has 5 rings (SSSR count). The molecule has 1 aliphatic carbocycles. The van der Waals surface area contributed by atoms with Crippen molar-refractivity contribution in [3.8, 4) is 10.4 Å². The van der Waals surface area contributed by atoms with Crippen LogP contribution in [0.25, 0.3) is 10.4 Å². The summed E-state index contributed by atoms with van der Waals surface area (Å²) in [6.07, 6.45) is 1.93. The molecule has 4 aromatic rings. The lowest BCUT2D eigenvalue weighted by Crippen LogP contribution is -2.22. The summed E-state index contributed by atoms with van der Waals surface area (Å²) in [5.41, 5.74) is 5.11. The number of anilines is 2. The highest BCUT2D eigenvalue weighted by atomic mass is 32.1. The number of aromatic nitrogens is 1. The van der Waals surface area contributed by atoms with Gasteiger partial charge in [-0.3, -0.25) is 9.69 Å². The second kappa shape index (κ2) is 8.68. The third kappa shape index (κ3) is 3.97. The zero-order valence-electron chi connectivity index (χ0n) is 17.4. The van der Waals surface area contributed by atoms with Crippen LogP contribution in [0.3, 0.4) is 0 Å². The standard InChI is InChI=1S/C25H20N2O3S2/c1-16(28)27(20-8-3-2-4-9-20)25-26-19(15-31-25)14-30-24(29)22-13-18-12-11-17-7-5-6-10-21(17)23(18)32-22/h2-10,13,15H,11-12,14H2,1H3. The molecule has 0 atom stereocenters. The van der Waals surface area contributed by atoms with Crippen LogP contribution >= 0.6 is 22.7 Å². The number of aryl methyl sites for hydroxylation is 2. The van der Waals surface area contributed by atoms with E-state index in [1.165, 1.54) is 46.3 Å². The highest BCUT2D eigenvalue weighted by molar-refractivity contribution is 7.17. The van der Waals surface area contributed by atoms with Gasteiger partial charge < -0.3 is 4.74 Å². The Bertz CT molecular complexity index is 1290. The van der Waals surface area contributed by atoms with E-state index in [2.05, 4.69) is 23.2 Å². The van der Waals surface area contributed by atoms with Gasteiger partial charge >= 0.3 is 5.97 Å². The van der Waals surface area contributed by atoms with Crippen molar-refractivity contribution in [2.24, 2.45) is 0 Å². The fourth-order valence-electron chi connectivity index (χ4n) is 3.85. The average molecular weight is 461 g/mol. The maximum Gasteiger partial charge on any atom is 0.348 e. The Morgan fingerprint density at radius 3 is 2.59 bits per heavy atom. The quantitative estimate of drug-likeness (QED) is 0.342. The topological polar surface area (TPSA) is 59.5 Å². The lowest BCUT2D eigenvalue weighted by atomic mass is 9.91. The third-order valence-corrected chi connectivity index (χ3v) is 7.41. The summed E-state index contributed by atoms with van der Waals surface area (Å²) in [6, 6.07) is 19.7. The average Bonchev–Trinajstić information content (AvgIpc) is 3.45. The third-order valence-electron chi connectivity index (χ3n) is 5.35. The van der Waals surface area contributed by atoms with Crippen molar-refractivity contribution in [1.29, 1.82) is 0 Å². The molecule has 5 nitrogen and oxygen atoms in total. The Labute approximate surface area is 193 Å². The smallest absolute Gasteiger partial charge is 0.348 e. The number of amides is 1. The van der Waals surface area contributed by atoms with Crippen LogP contribution in [0.4, 0.5) is 10.8 Å². The summed E-state index contributed by atoms with van der Waals surface area (Å²) in [5, 5.41) is 2.37. The molecule has 0 fully saturated rings. The molecule has 2 aromatic carbocycles. The zero-order valence-corrected chi connectivity index (χ0v) is 19.0. The first kappa shape index (κ1) is 20.6. The van der Waals surface area contributed by atoms with Crippen LogP contribution in [0.2, 0.25) is 0 Å². The number of hydrogen-bond donors (Lipinski definition) is 0. The minimum atomic E-state index is -0.345. The molecule has 0 radical (unpaired) electrons. The summed E-state index contributed by atoms with van der Waals surface area (Å²) < 4.78 is 5.55. The first-order valence-electron chi connectivity index (χ1n) is 10.3. The molecule has 0 bridgehead atoms. The van der Waals surface area contributed by atoms with Crippen LogP contribution in [0, 0.1) is 0 Å². The number of rotatable bonds is 5. The van der Waals surface area contributed by atoms with E-state index in [-0.39, 0.29) is 18.5 Å². The number of nitrogens with zero attached hydrogens (tertiary/aromatic N) is 2. The van der Waals surface area contributed by atoms with E-state index in [0.29, 0.717) is 15.7 Å². The van der Waals surface area contributed by atoms with Crippen molar-refractivity contribution in [2.45, 2.75) is 26.4 Å². The van der Waals surface area contributed by atoms with E-state index in [4.69, 9.17) is 4.74 Å². The van der Waals surface area contributed by atoms with Gasteiger partial charge in [0.1, 0.15) is 11.5 Å². The summed E-state index contributed by atoms with van der Waals surface area (Å²) in [6.45, 7) is 1.57. The van der Waals surface area contributed by atoms with Gasteiger partial charge in [-0.25, -0.2) is 9.78 Å². The fourth-order valence-corrected chi connectivity index (χ4v) is 5.89. The molecule has 32 heavy (non-hydrogen) atoms. The van der Waals surface area contributed by atoms with Gasteiger partial charge in [-0.2, -0.15) is 0 Å². The Morgan fingerprint density at radius 2 is 1.78 bits per heavy atom. The summed E-state index contributed by atoms with van der Waals surface area (Å²) in [4.78, 5) is 32.8. The minimum Gasteiger partial charge on any atom is -0.455 e. The Kier molecular flexibility index (Phi) is 5.59. The lowest BCUT2D eigenvalue weighted by Gasteiger charge is -2.17. The van der Waals surface area contributed by atoms with Crippen LogP contribution in [-0.2, 0) is 29.0 Å². The van der Waals surface area contributed by atoms with E-state index in [1.807, 2.05) is 47.8 Å². The molecular formula is C25H20N2O3S2. The number of esters is 1. The number of carbonyl (C=O) groups is 2. The molecule has 7 heteroatoms. The molecule has 0 unspecified atom stereocenters. The van der Waals surface area contributed by atoms with Crippen LogP contribution in [0.1, 0.15) is 33.4 Å². The van der Waals surface area contributed by atoms with E-state index in [0.717, 1.165) is 23.4 Å². The van der Waals surface area contributed by atoms with E-state index < -0.39 is 0 Å². The molecule has 0 N–H and O–H groups in total. The molecule has 160 valence electrons. The van der Waals surface area contributed by atoms with Crippen molar-refractivity contribution >= 4 is 45.4 Å². The maximum atomic E-state index is 12.7. The predicted molar refractivity (Wildman–Crippen MR) is 128 cm³/mol. The monoisotopic (exact) mass is 460 g/mol. The van der Waals surface area contributed by atoms with Crippen LogP contribution in [-0.4, -0.2) is 16.9 Å². The lowest BCUT2D eigenvalue weighted by molar-refractivity contribution is -0.115. The summed E-state index contributed by atoms with van der Waals surface area (Å²) >= 11 is 2.84. The van der Waals surface area contributed by atoms with Gasteiger partial charge in [0.05, 0.1) is 11.4 Å². The van der Waals surface area contributed by atoms with Crippen LogP contribution in [0.15, 0.2) is 66.0 Å². The van der Waals surface area contributed by atoms with Gasteiger partial charge in [-0.15, -0.1) is 22.7 Å². The number of carbonyl (C=O) groups excluding carboxylic acids is 2. The molecule has 0 spiro atoms. The van der Waals surface area contributed by atoms with Crippen molar-refractivity contribution in [1.82, 2.24) is 4.98 Å². The molecule has 0 saturated carbocycles. The number of thiophene rings is 1. The van der Waals surface area contributed by atoms with Gasteiger partial charge in [0.15, 0.2) is 5.13 Å². The van der Waals surface area contributed by atoms with E-state index in [1.54, 1.807) is 4.90 Å². The first-order valence-corrected chi connectivity index (χ1v) is 12.0. The van der Waals surface area contributed by atoms with Gasteiger partial charge in [0.25, 0.3) is 0 Å². The minimum absolute atomic E-state index is 0.0645. The Morgan fingerprint density at radius 1 is 1.03 bits per heavy atom. The second-order valence-electron chi connectivity index (χ2n) is 7.51. The normalized spacial score (nSPS) is 12.0. The number of fused-ring (bicyclic) bond motifs is 3. The Balaban J connectivity index is 1.29. The summed E-state index contributed by atoms with van der Waals surface area (Å²) in [5.74, 6) is -0.471. The highest BCUT2D eigenvalue weighted by Gasteiger charge is 2.23. The van der Waals surface area contributed by atoms with E-state index in [9.17, 15) is 9.59 Å². The Hall–Kier alpha value is -3.29. The summed E-state index contributed by atoms with van der Waals surface area (Å²) in [7, 11) is 0. The highest BCUT2D eigenvalue weighted by Crippen LogP contribution is 2.39. The number of ether oxygens (including phenoxy) is 1. The number of benzene rings is 2. The number of thiazole rings is 1. The van der Waals surface area contributed by atoms with Crippen LogP contribution in [0.5, 0.6) is 0 Å². The maximum absolute atomic E-state index is 12.7. The van der Waals surface area contributed by atoms with Gasteiger partial charge in [-0.05, 0) is 47.7 Å². The molecule has 0 aliphatic heterocycles. The van der Waals surface area contributed by atoms with Gasteiger partial charge in [-0.1, -0.05) is 42.5 Å². The molecular weight excluding hydrogens is 440 g/mol. The van der Waals surface area contributed by atoms with Crippen molar-refractivity contribution < 1.29 is 14.3 Å². The van der Waals surface area contributed by atoms with Crippen molar-refractivity contribution in [2.75, 3.05) is 4.90 Å². The van der Waals surface area contributed by atoms with Crippen LogP contribution < -0.4 is 4.90 Å². The second-order valence-corrected chi connectivity index (χ2v) is 9.40. The van der Waals surface area contributed by atoms with Gasteiger partial charge in [0, 0.05) is 17.2 Å². The number of hydrogen-bond acceptors (Lipinski definition) is 6.